The predicted molar refractivity (Wildman–Crippen MR) is 152 cm³/mol. The smallest absolute Gasteiger partial charge is 0.324 e. The maximum atomic E-state index is 12.5. The quantitative estimate of drug-likeness (QED) is 0.128. The van der Waals surface area contributed by atoms with Crippen LogP contribution in [0.2, 0.25) is 0 Å². The normalized spacial score (nSPS) is 15.4. The molecular weight excluding hydrogens is 524 g/mol. The minimum absolute atomic E-state index is 0.178. The second-order valence-electron chi connectivity index (χ2n) is 9.49. The van der Waals surface area contributed by atoms with E-state index in [0.717, 1.165) is 31.3 Å². The summed E-state index contributed by atoms with van der Waals surface area (Å²) in [7, 11) is -9.26. The molecule has 38 heavy (non-hydrogen) atoms. The van der Waals surface area contributed by atoms with E-state index in [1.165, 1.54) is 35.4 Å². The van der Waals surface area contributed by atoms with E-state index in [4.69, 9.17) is 4.52 Å². The number of benzene rings is 2. The zero-order valence-electron chi connectivity index (χ0n) is 22.5. The van der Waals surface area contributed by atoms with Gasteiger partial charge in [0.05, 0.1) is 12.8 Å². The summed E-state index contributed by atoms with van der Waals surface area (Å²) < 4.78 is 34.2. The standard InChI is InChI=1S/C29H38O7P2/c1-23(2)10-8-11-24(3)12-9-13-25(4)20-21-35-38(33,34)36-37(31,32)22-26-16-18-28(19-17-26)29(30)27-14-6-5-7-15-27/h5-7,10,12,14-20H,8-9,11,13,21-22H2,1-4H3,(H,31,32)(H,33,34)/b24-12+,25-20+/i37+1,38+1. The molecule has 0 bridgehead atoms. The average Bonchev–Trinajstić information content (AvgIpc) is 2.83. The van der Waals surface area contributed by atoms with Crippen molar-refractivity contribution in [2.45, 2.75) is 59.5 Å². The third kappa shape index (κ3) is 12.4. The molecule has 0 heterocycles. The van der Waals surface area contributed by atoms with E-state index in [2.05, 4.69) is 37.2 Å². The Morgan fingerprint density at radius 1 is 0.789 bits per heavy atom. The Morgan fingerprint density at radius 3 is 1.95 bits per heavy atom. The van der Waals surface area contributed by atoms with Crippen LogP contribution in [0.25, 0.3) is 0 Å². The number of phosphoric ester groups is 1. The highest BCUT2D eigenvalue weighted by atomic mass is 32.2. The van der Waals surface area contributed by atoms with Crippen molar-refractivity contribution in [2.75, 3.05) is 6.61 Å². The molecule has 0 saturated carbocycles. The molecule has 0 aliphatic rings. The number of hydrogen-bond acceptors (Lipinski definition) is 5. The topological polar surface area (TPSA) is 110 Å². The van der Waals surface area contributed by atoms with Crippen molar-refractivity contribution >= 4 is 21.2 Å². The number of ketones is 1. The van der Waals surface area contributed by atoms with Crippen LogP contribution in [0.1, 0.15) is 74.9 Å². The predicted octanol–water partition coefficient (Wildman–Crippen LogP) is 8.16. The van der Waals surface area contributed by atoms with Crippen molar-refractivity contribution < 1.29 is 32.5 Å². The molecule has 2 atom stereocenters. The first kappa shape index (κ1) is 31.8. The summed E-state index contributed by atoms with van der Waals surface area (Å²) in [5, 5.41) is 0. The number of rotatable bonds is 15. The van der Waals surface area contributed by atoms with E-state index in [9.17, 15) is 23.7 Å². The molecule has 0 spiro atoms. The first-order valence-electron chi connectivity index (χ1n) is 12.5. The molecule has 2 N–H and O–H groups in total. The summed E-state index contributed by atoms with van der Waals surface area (Å²) in [5.41, 5.74) is 4.92. The number of carbonyl (C=O) groups is 1. The molecule has 0 amide bonds. The van der Waals surface area contributed by atoms with Crippen LogP contribution in [0.15, 0.2) is 89.5 Å². The maximum absolute atomic E-state index is 12.5. The molecule has 0 aliphatic carbocycles. The second kappa shape index (κ2) is 15.3. The Kier molecular flexibility index (Phi) is 12.8. The Labute approximate surface area is 226 Å². The van der Waals surface area contributed by atoms with Crippen LogP contribution in [0.4, 0.5) is 0 Å². The van der Waals surface area contributed by atoms with Crippen molar-refractivity contribution in [3.8, 4) is 0 Å². The third-order valence-electron chi connectivity index (χ3n) is 5.66. The molecule has 0 aliphatic heterocycles. The highest BCUT2D eigenvalue weighted by molar-refractivity contribution is 7.63. The molecule has 2 aromatic carbocycles. The average molecular weight is 563 g/mol. The lowest BCUT2D eigenvalue weighted by Gasteiger charge is -2.16. The molecule has 0 radical (unpaired) electrons. The third-order valence-corrected chi connectivity index (χ3v) is 8.74. The summed E-state index contributed by atoms with van der Waals surface area (Å²) in [5.74, 6) is -0.178. The SMILES string of the molecule is CC(C)=CCC/C(C)=C/CC/C(C)=C/CO[32P](=O)(O)O[32P](=O)(O)Cc1ccc(C(=O)c2ccccc2)cc1. The van der Waals surface area contributed by atoms with E-state index in [-0.39, 0.29) is 12.4 Å². The van der Waals surface area contributed by atoms with Gasteiger partial charge in [0.1, 0.15) is 0 Å². The molecule has 2 aromatic rings. The summed E-state index contributed by atoms with van der Waals surface area (Å²) in [4.78, 5) is 32.6. The van der Waals surface area contributed by atoms with Crippen LogP contribution in [-0.2, 0) is 24.1 Å². The van der Waals surface area contributed by atoms with Gasteiger partial charge >= 0.3 is 15.4 Å². The summed E-state index contributed by atoms with van der Waals surface area (Å²) in [6.07, 6.45) is 9.19. The van der Waals surface area contributed by atoms with Gasteiger partial charge in [-0.3, -0.25) is 13.9 Å². The minimum Gasteiger partial charge on any atom is -0.324 e. The minimum atomic E-state index is -4.76. The lowest BCUT2D eigenvalue weighted by molar-refractivity contribution is 0.103. The van der Waals surface area contributed by atoms with Gasteiger partial charge in [-0.25, -0.2) is 8.88 Å². The van der Waals surface area contributed by atoms with Crippen LogP contribution in [-0.4, -0.2) is 22.2 Å². The van der Waals surface area contributed by atoms with Gasteiger partial charge in [0.25, 0.3) is 0 Å². The van der Waals surface area contributed by atoms with Gasteiger partial charge in [0, 0.05) is 11.1 Å². The molecule has 0 saturated heterocycles. The van der Waals surface area contributed by atoms with Gasteiger partial charge in [0.15, 0.2) is 5.78 Å². The van der Waals surface area contributed by atoms with Gasteiger partial charge in [-0.2, -0.15) is 0 Å². The van der Waals surface area contributed by atoms with Crippen LogP contribution in [0.3, 0.4) is 0 Å². The number of allylic oxidation sites excluding steroid dienone is 5. The van der Waals surface area contributed by atoms with E-state index < -0.39 is 21.6 Å². The summed E-state index contributed by atoms with van der Waals surface area (Å²) in [6.45, 7) is 7.94. The van der Waals surface area contributed by atoms with E-state index in [1.807, 2.05) is 13.0 Å². The zero-order valence-corrected chi connectivity index (χ0v) is 24.3. The molecular formula is C29H38O7P2. The van der Waals surface area contributed by atoms with Crippen LogP contribution in [0.5, 0.6) is 0 Å². The molecule has 2 unspecified atom stereocenters. The number of carbonyl (C=O) groups excluding carboxylic acids is 1. The van der Waals surface area contributed by atoms with Crippen molar-refractivity contribution in [3.05, 3.63) is 106 Å². The van der Waals surface area contributed by atoms with Crippen molar-refractivity contribution in [3.63, 3.8) is 0 Å². The van der Waals surface area contributed by atoms with E-state index >= 15 is 0 Å². The molecule has 2 rings (SSSR count). The van der Waals surface area contributed by atoms with Gasteiger partial charge in [0.2, 0.25) is 0 Å². The van der Waals surface area contributed by atoms with Gasteiger partial charge in [-0.15, -0.1) is 0 Å². The zero-order chi connectivity index (χ0) is 28.2. The van der Waals surface area contributed by atoms with Crippen LogP contribution < -0.4 is 0 Å². The van der Waals surface area contributed by atoms with E-state index in [1.54, 1.807) is 30.3 Å². The summed E-state index contributed by atoms with van der Waals surface area (Å²) >= 11 is 0. The van der Waals surface area contributed by atoms with Crippen molar-refractivity contribution in [1.29, 1.82) is 0 Å². The van der Waals surface area contributed by atoms with Crippen LogP contribution >= 0.6 is 15.4 Å². The van der Waals surface area contributed by atoms with Gasteiger partial charge in [-0.05, 0) is 58.9 Å². The Balaban J connectivity index is 1.82. The molecule has 206 valence electrons. The Bertz CT molecular complexity index is 1240. The fraction of sp³-hybridized carbons (Fsp3) is 0.345. The number of hydrogen-bond donors (Lipinski definition) is 2. The first-order valence-corrected chi connectivity index (χ1v) is 15.8. The monoisotopic (exact) mass is 562 g/mol. The number of phosphoric acid groups is 1. The molecule has 9 heteroatoms. The first-order chi connectivity index (χ1) is 17.9. The highest BCUT2D eigenvalue weighted by Gasteiger charge is 2.33. The summed E-state index contributed by atoms with van der Waals surface area (Å²) in [6, 6.07) is 14.8. The molecule has 0 aromatic heterocycles. The van der Waals surface area contributed by atoms with Crippen LogP contribution in [0, 0.1) is 0 Å². The second-order valence-corrected chi connectivity index (χ2v) is 12.9. The molecule has 0 fully saturated rings. The lowest BCUT2D eigenvalue weighted by Crippen LogP contribution is -2.01. The molecule has 7 nitrogen and oxygen atoms in total. The van der Waals surface area contributed by atoms with E-state index in [0.29, 0.717) is 16.7 Å². The van der Waals surface area contributed by atoms with Crippen molar-refractivity contribution in [2.24, 2.45) is 0 Å². The fourth-order valence-electron chi connectivity index (χ4n) is 3.57. The lowest BCUT2D eigenvalue weighted by atomic mass is 10.0. The highest BCUT2D eigenvalue weighted by Crippen LogP contribution is 2.61. The van der Waals surface area contributed by atoms with Gasteiger partial charge < -0.3 is 9.79 Å². The Morgan fingerprint density at radius 2 is 1.34 bits per heavy atom. The largest absolute Gasteiger partial charge is 0.479 e. The Hall–Kier alpha value is -2.37. The van der Waals surface area contributed by atoms with Gasteiger partial charge in [-0.1, -0.05) is 89.5 Å². The fourth-order valence-corrected chi connectivity index (χ4v) is 6.22. The van der Waals surface area contributed by atoms with Crippen molar-refractivity contribution in [1.82, 2.24) is 0 Å². The maximum Gasteiger partial charge on any atom is 0.479 e.